The first-order valence-corrected chi connectivity index (χ1v) is 12.4. The Labute approximate surface area is 219 Å². The van der Waals surface area contributed by atoms with Crippen molar-refractivity contribution < 1.29 is 5.11 Å². The molecule has 5 rings (SSSR count). The largest absolute Gasteiger partial charge is 0.505 e. The van der Waals surface area contributed by atoms with Gasteiger partial charge in [-0.3, -0.25) is 26.2 Å². The van der Waals surface area contributed by atoms with Gasteiger partial charge in [0.25, 0.3) is 5.56 Å². The van der Waals surface area contributed by atoms with Crippen molar-refractivity contribution in [2.24, 2.45) is 16.2 Å². The molecule has 38 heavy (non-hydrogen) atoms. The van der Waals surface area contributed by atoms with Crippen LogP contribution >= 0.6 is 0 Å². The molecule has 194 valence electrons. The van der Waals surface area contributed by atoms with E-state index in [2.05, 4.69) is 26.3 Å². The zero-order valence-corrected chi connectivity index (χ0v) is 21.5. The maximum atomic E-state index is 13.3. The van der Waals surface area contributed by atoms with E-state index in [9.17, 15) is 9.90 Å². The van der Waals surface area contributed by atoms with Gasteiger partial charge in [0.05, 0.1) is 17.1 Å². The van der Waals surface area contributed by atoms with Gasteiger partial charge < -0.3 is 10.9 Å². The van der Waals surface area contributed by atoms with Crippen LogP contribution in [0.15, 0.2) is 63.7 Å². The van der Waals surface area contributed by atoms with E-state index in [1.807, 2.05) is 51.1 Å². The Morgan fingerprint density at radius 1 is 1.05 bits per heavy atom. The molecule has 1 aromatic heterocycles. The van der Waals surface area contributed by atoms with Crippen LogP contribution in [0.3, 0.4) is 0 Å². The quantitative estimate of drug-likeness (QED) is 0.0535. The van der Waals surface area contributed by atoms with Crippen molar-refractivity contribution in [2.45, 2.75) is 40.0 Å². The summed E-state index contributed by atoms with van der Waals surface area (Å²) in [6, 6.07) is 15.0. The van der Waals surface area contributed by atoms with Crippen molar-refractivity contribution >= 4 is 17.2 Å². The van der Waals surface area contributed by atoms with Crippen molar-refractivity contribution in [2.75, 3.05) is 10.9 Å². The highest BCUT2D eigenvalue weighted by atomic mass is 16.3. The lowest BCUT2D eigenvalue weighted by molar-refractivity contribution is 0.479. The van der Waals surface area contributed by atoms with Gasteiger partial charge in [-0.2, -0.15) is 0 Å². The number of aryl methyl sites for hydroxylation is 4. The van der Waals surface area contributed by atoms with E-state index >= 15 is 0 Å². The second-order valence-electron chi connectivity index (χ2n) is 9.55. The summed E-state index contributed by atoms with van der Waals surface area (Å²) in [7, 11) is 0. The molecule has 7 N–H and O–H groups in total. The van der Waals surface area contributed by atoms with E-state index in [4.69, 9.17) is 11.3 Å². The summed E-state index contributed by atoms with van der Waals surface area (Å²) in [6.07, 6.45) is 2.67. The SMILES string of the molecule is Cc1ccc(-n2[nH]c(C)c(NNc3c(O)c(-c4cccc(C(=N)N=NN)c4)cc4c3CCC4)c2=O)cc1C. The van der Waals surface area contributed by atoms with Crippen LogP contribution < -0.4 is 22.3 Å². The Morgan fingerprint density at radius 3 is 2.61 bits per heavy atom. The maximum Gasteiger partial charge on any atom is 0.296 e. The van der Waals surface area contributed by atoms with E-state index in [1.165, 1.54) is 4.68 Å². The van der Waals surface area contributed by atoms with Gasteiger partial charge in [0.2, 0.25) is 0 Å². The second kappa shape index (κ2) is 9.89. The summed E-state index contributed by atoms with van der Waals surface area (Å²) >= 11 is 0. The number of H-pyrrole nitrogens is 1. The lowest BCUT2D eigenvalue weighted by Gasteiger charge is -2.18. The van der Waals surface area contributed by atoms with Gasteiger partial charge in [-0.15, -0.1) is 5.11 Å². The van der Waals surface area contributed by atoms with Gasteiger partial charge >= 0.3 is 0 Å². The van der Waals surface area contributed by atoms with Crippen molar-refractivity contribution in [3.63, 3.8) is 0 Å². The van der Waals surface area contributed by atoms with Crippen LogP contribution in [0.2, 0.25) is 0 Å². The van der Waals surface area contributed by atoms with Crippen molar-refractivity contribution in [1.29, 1.82) is 5.41 Å². The number of amidine groups is 1. The molecule has 0 atom stereocenters. The van der Waals surface area contributed by atoms with Crippen molar-refractivity contribution in [3.05, 3.63) is 92.4 Å². The minimum absolute atomic E-state index is 0.0601. The Balaban J connectivity index is 1.50. The normalized spacial score (nSPS) is 12.6. The number of aromatic nitrogens is 2. The molecule has 0 saturated carbocycles. The number of anilines is 2. The standard InChI is InChI=1S/C28H30N8O2/c1-15-10-11-21(12-16(15)2)36-28(38)24(17(3)34-36)31-32-25-22-9-5-7-19(22)14-23(26(25)37)18-6-4-8-20(13-18)27(29)33-35-30/h4,6,8,10-14,31-32,34,37H,5,7,9H2,1-3H3,(H3,29,30,33). The number of nitrogens with zero attached hydrogens (tertiary/aromatic N) is 3. The molecule has 1 aliphatic carbocycles. The predicted molar refractivity (Wildman–Crippen MR) is 149 cm³/mol. The summed E-state index contributed by atoms with van der Waals surface area (Å²) in [6.45, 7) is 5.86. The molecule has 0 bridgehead atoms. The van der Waals surface area contributed by atoms with E-state index in [1.54, 1.807) is 18.2 Å². The number of nitrogens with two attached hydrogens (primary N) is 1. The highest BCUT2D eigenvalue weighted by Gasteiger charge is 2.23. The third-order valence-corrected chi connectivity index (χ3v) is 7.11. The molecule has 3 aromatic carbocycles. The molecular weight excluding hydrogens is 480 g/mol. The number of aromatic hydroxyl groups is 1. The summed E-state index contributed by atoms with van der Waals surface area (Å²) in [5, 5.41) is 29.4. The summed E-state index contributed by atoms with van der Waals surface area (Å²) in [4.78, 5) is 13.3. The molecule has 10 heteroatoms. The predicted octanol–water partition coefficient (Wildman–Crippen LogP) is 5.04. The van der Waals surface area contributed by atoms with Gasteiger partial charge in [-0.05, 0) is 92.1 Å². The molecule has 0 amide bonds. The Kier molecular flexibility index (Phi) is 6.46. The number of nitrogens with one attached hydrogen (secondary N) is 4. The van der Waals surface area contributed by atoms with Gasteiger partial charge in [0.1, 0.15) is 11.4 Å². The monoisotopic (exact) mass is 510 g/mol. The van der Waals surface area contributed by atoms with Crippen LogP contribution in [0, 0.1) is 26.2 Å². The first kappa shape index (κ1) is 24.8. The molecule has 1 heterocycles. The first-order chi connectivity index (χ1) is 18.3. The van der Waals surface area contributed by atoms with E-state index in [-0.39, 0.29) is 17.1 Å². The number of hydrogen-bond acceptors (Lipinski definition) is 6. The number of fused-ring (bicyclic) bond motifs is 1. The average molecular weight is 511 g/mol. The summed E-state index contributed by atoms with van der Waals surface area (Å²) in [5.74, 6) is 5.10. The fourth-order valence-corrected chi connectivity index (χ4v) is 4.90. The molecule has 0 aliphatic heterocycles. The molecule has 10 nitrogen and oxygen atoms in total. The van der Waals surface area contributed by atoms with E-state index in [0.717, 1.165) is 52.8 Å². The molecular formula is C28H30N8O2. The zero-order chi connectivity index (χ0) is 27.0. The minimum Gasteiger partial charge on any atom is -0.505 e. The van der Waals surface area contributed by atoms with Crippen molar-refractivity contribution in [1.82, 2.24) is 9.78 Å². The first-order valence-electron chi connectivity index (χ1n) is 12.4. The second-order valence-corrected chi connectivity index (χ2v) is 9.55. The van der Waals surface area contributed by atoms with Crippen LogP contribution in [0.25, 0.3) is 16.8 Å². The van der Waals surface area contributed by atoms with Crippen LogP contribution in [0.5, 0.6) is 5.75 Å². The average Bonchev–Trinajstić information content (AvgIpc) is 3.49. The molecule has 0 unspecified atom stereocenters. The Morgan fingerprint density at radius 2 is 1.84 bits per heavy atom. The summed E-state index contributed by atoms with van der Waals surface area (Å²) in [5.41, 5.74) is 14.5. The molecule has 0 spiro atoms. The molecule has 4 aromatic rings. The van der Waals surface area contributed by atoms with E-state index < -0.39 is 0 Å². The number of phenols is 1. The van der Waals surface area contributed by atoms with Crippen LogP contribution in [-0.2, 0) is 12.8 Å². The molecule has 0 saturated heterocycles. The Bertz CT molecular complexity index is 1650. The van der Waals surface area contributed by atoms with Gasteiger partial charge in [0.15, 0.2) is 5.84 Å². The maximum absolute atomic E-state index is 13.3. The van der Waals surface area contributed by atoms with Crippen molar-refractivity contribution in [3.8, 4) is 22.6 Å². The van der Waals surface area contributed by atoms with Crippen LogP contribution in [0.4, 0.5) is 11.4 Å². The number of benzene rings is 3. The van der Waals surface area contributed by atoms with Gasteiger partial charge in [0, 0.05) is 11.1 Å². The fourth-order valence-electron chi connectivity index (χ4n) is 4.90. The van der Waals surface area contributed by atoms with Crippen LogP contribution in [-0.4, -0.2) is 20.7 Å². The number of phenolic OH excluding ortho intramolecular Hbond substituents is 1. The van der Waals surface area contributed by atoms with Gasteiger partial charge in [-0.1, -0.05) is 29.5 Å². The number of rotatable bonds is 6. The number of aromatic amines is 1. The third-order valence-electron chi connectivity index (χ3n) is 7.11. The van der Waals surface area contributed by atoms with E-state index in [0.29, 0.717) is 28.2 Å². The van der Waals surface area contributed by atoms with Crippen LogP contribution in [0.1, 0.15) is 39.9 Å². The van der Waals surface area contributed by atoms with Gasteiger partial charge in [-0.25, -0.2) is 4.68 Å². The minimum atomic E-state index is -0.231. The highest BCUT2D eigenvalue weighted by Crippen LogP contribution is 2.43. The summed E-state index contributed by atoms with van der Waals surface area (Å²) < 4.78 is 1.51. The topological polar surface area (TPSA) is 157 Å². The smallest absolute Gasteiger partial charge is 0.296 e. The highest BCUT2D eigenvalue weighted by molar-refractivity contribution is 5.98. The lowest BCUT2D eigenvalue weighted by atomic mass is 9.96. The molecule has 1 aliphatic rings. The number of hydrogen-bond donors (Lipinski definition) is 6. The number of hydrazine groups is 1. The molecule has 0 fully saturated rings. The zero-order valence-electron chi connectivity index (χ0n) is 21.5. The molecule has 0 radical (unpaired) electrons. The third kappa shape index (κ3) is 4.40. The fraction of sp³-hybridized carbons (Fsp3) is 0.214. The lowest BCUT2D eigenvalue weighted by Crippen LogP contribution is -2.21. The Hall–Kier alpha value is -4.86.